The van der Waals surface area contributed by atoms with Crippen molar-refractivity contribution in [3.63, 3.8) is 0 Å². The second-order valence-electron chi connectivity index (χ2n) is 4.54. The van der Waals surface area contributed by atoms with E-state index in [0.29, 0.717) is 22.2 Å². The van der Waals surface area contributed by atoms with E-state index in [-0.39, 0.29) is 16.9 Å². The minimum Gasteiger partial charge on any atom is -0.399 e. The first kappa shape index (κ1) is 12.2. The number of ketones is 1. The van der Waals surface area contributed by atoms with E-state index >= 15 is 0 Å². The molecule has 2 aromatic carbocycles. The van der Waals surface area contributed by atoms with E-state index in [0.717, 1.165) is 0 Å². The number of pyridine rings is 1. The van der Waals surface area contributed by atoms with Gasteiger partial charge < -0.3 is 10.7 Å². The number of rotatable bonds is 2. The molecule has 0 aliphatic carbocycles. The van der Waals surface area contributed by atoms with Gasteiger partial charge in [0.15, 0.2) is 5.43 Å². The van der Waals surface area contributed by atoms with Gasteiger partial charge in [-0.1, -0.05) is 12.1 Å². The number of hydrogen-bond acceptors (Lipinski definition) is 3. The SMILES string of the molecule is Nc1ccc(C(=O)c2cc(=O)c3ccccc3[nH]2)cc1. The predicted molar refractivity (Wildman–Crippen MR) is 78.9 cm³/mol. The molecule has 20 heavy (non-hydrogen) atoms. The van der Waals surface area contributed by atoms with Gasteiger partial charge in [-0.05, 0) is 36.4 Å². The fourth-order valence-electron chi connectivity index (χ4n) is 2.11. The Morgan fingerprint density at radius 2 is 1.70 bits per heavy atom. The summed E-state index contributed by atoms with van der Waals surface area (Å²) in [5.41, 5.74) is 7.44. The standard InChI is InChI=1S/C16H12N2O2/c17-11-7-5-10(6-8-11)16(20)14-9-15(19)12-3-1-2-4-13(12)18-14/h1-9H,17H2,(H,18,19). The smallest absolute Gasteiger partial charge is 0.209 e. The molecule has 0 aliphatic heterocycles. The lowest BCUT2D eigenvalue weighted by Crippen LogP contribution is -2.11. The van der Waals surface area contributed by atoms with Crippen LogP contribution in [0.25, 0.3) is 10.9 Å². The quantitative estimate of drug-likeness (QED) is 0.551. The number of nitrogen functional groups attached to an aromatic ring is 1. The van der Waals surface area contributed by atoms with Gasteiger partial charge in [-0.15, -0.1) is 0 Å². The number of anilines is 1. The third-order valence-corrected chi connectivity index (χ3v) is 3.15. The van der Waals surface area contributed by atoms with Gasteiger partial charge in [-0.25, -0.2) is 0 Å². The molecular weight excluding hydrogens is 252 g/mol. The first-order valence-corrected chi connectivity index (χ1v) is 6.17. The molecule has 4 heteroatoms. The zero-order valence-corrected chi connectivity index (χ0v) is 10.6. The summed E-state index contributed by atoms with van der Waals surface area (Å²) in [5, 5.41) is 0.571. The van der Waals surface area contributed by atoms with Crippen LogP contribution >= 0.6 is 0 Å². The van der Waals surface area contributed by atoms with Gasteiger partial charge in [0.25, 0.3) is 0 Å². The summed E-state index contributed by atoms with van der Waals surface area (Å²) in [6.45, 7) is 0. The third kappa shape index (κ3) is 2.07. The van der Waals surface area contributed by atoms with Crippen molar-refractivity contribution in [2.24, 2.45) is 0 Å². The van der Waals surface area contributed by atoms with Crippen LogP contribution in [-0.2, 0) is 0 Å². The Morgan fingerprint density at radius 3 is 2.45 bits per heavy atom. The summed E-state index contributed by atoms with van der Waals surface area (Å²) < 4.78 is 0. The molecule has 0 saturated heterocycles. The zero-order chi connectivity index (χ0) is 14.1. The van der Waals surface area contributed by atoms with E-state index in [4.69, 9.17) is 5.73 Å². The maximum Gasteiger partial charge on any atom is 0.209 e. The molecule has 4 nitrogen and oxygen atoms in total. The maximum absolute atomic E-state index is 12.3. The number of H-pyrrole nitrogens is 1. The molecular formula is C16H12N2O2. The van der Waals surface area contributed by atoms with Crippen molar-refractivity contribution in [2.75, 3.05) is 5.73 Å². The molecule has 0 spiro atoms. The highest BCUT2D eigenvalue weighted by atomic mass is 16.1. The minimum atomic E-state index is -0.229. The molecule has 1 aromatic heterocycles. The number of carbonyl (C=O) groups is 1. The lowest BCUT2D eigenvalue weighted by atomic mass is 10.1. The van der Waals surface area contributed by atoms with E-state index in [2.05, 4.69) is 4.98 Å². The highest BCUT2D eigenvalue weighted by Gasteiger charge is 2.11. The molecule has 0 saturated carbocycles. The third-order valence-electron chi connectivity index (χ3n) is 3.15. The first-order valence-electron chi connectivity index (χ1n) is 6.17. The van der Waals surface area contributed by atoms with Crippen molar-refractivity contribution >= 4 is 22.4 Å². The van der Waals surface area contributed by atoms with E-state index in [1.54, 1.807) is 42.5 Å². The van der Waals surface area contributed by atoms with Crippen LogP contribution in [0.4, 0.5) is 5.69 Å². The summed E-state index contributed by atoms with van der Waals surface area (Å²) in [7, 11) is 0. The highest BCUT2D eigenvalue weighted by Crippen LogP contribution is 2.12. The molecule has 3 rings (SSSR count). The van der Waals surface area contributed by atoms with Crippen molar-refractivity contribution in [3.8, 4) is 0 Å². The Bertz CT molecular complexity index is 848. The molecule has 0 fully saturated rings. The Kier molecular flexibility index (Phi) is 2.84. The molecule has 98 valence electrons. The van der Waals surface area contributed by atoms with Crippen molar-refractivity contribution in [1.82, 2.24) is 4.98 Å². The Hall–Kier alpha value is -2.88. The van der Waals surface area contributed by atoms with Gasteiger partial charge in [-0.3, -0.25) is 9.59 Å². The lowest BCUT2D eigenvalue weighted by Gasteiger charge is -2.04. The van der Waals surface area contributed by atoms with Gasteiger partial charge in [0.2, 0.25) is 5.78 Å². The molecule has 3 aromatic rings. The molecule has 3 N–H and O–H groups in total. The second-order valence-corrected chi connectivity index (χ2v) is 4.54. The van der Waals surface area contributed by atoms with Gasteiger partial charge >= 0.3 is 0 Å². The van der Waals surface area contributed by atoms with Crippen LogP contribution in [0.15, 0.2) is 59.4 Å². The molecule has 0 bridgehead atoms. The number of benzene rings is 2. The zero-order valence-electron chi connectivity index (χ0n) is 10.6. The molecule has 0 amide bonds. The molecule has 0 unspecified atom stereocenters. The van der Waals surface area contributed by atoms with Crippen LogP contribution in [0.3, 0.4) is 0 Å². The largest absolute Gasteiger partial charge is 0.399 e. The number of nitrogens with two attached hydrogens (primary N) is 1. The number of nitrogens with one attached hydrogen (secondary N) is 1. The normalized spacial score (nSPS) is 10.6. The summed E-state index contributed by atoms with van der Waals surface area (Å²) in [4.78, 5) is 27.3. The van der Waals surface area contributed by atoms with Crippen molar-refractivity contribution < 1.29 is 4.79 Å². The molecule has 0 aliphatic rings. The van der Waals surface area contributed by atoms with Gasteiger partial charge in [0.05, 0.1) is 5.69 Å². The van der Waals surface area contributed by atoms with Crippen LogP contribution in [0.1, 0.15) is 16.1 Å². The minimum absolute atomic E-state index is 0.168. The summed E-state index contributed by atoms with van der Waals surface area (Å²) in [5.74, 6) is -0.229. The van der Waals surface area contributed by atoms with Crippen molar-refractivity contribution in [1.29, 1.82) is 0 Å². The van der Waals surface area contributed by atoms with Crippen LogP contribution in [0.5, 0.6) is 0 Å². The molecule has 0 radical (unpaired) electrons. The number of aromatic amines is 1. The second kappa shape index (κ2) is 4.66. The lowest BCUT2D eigenvalue weighted by molar-refractivity contribution is 0.103. The number of carbonyl (C=O) groups excluding carboxylic acids is 1. The summed E-state index contributed by atoms with van der Waals surface area (Å²) in [6.07, 6.45) is 0. The summed E-state index contributed by atoms with van der Waals surface area (Å²) in [6, 6.07) is 15.0. The van der Waals surface area contributed by atoms with Crippen LogP contribution in [-0.4, -0.2) is 10.8 Å². The average molecular weight is 264 g/mol. The predicted octanol–water partition coefficient (Wildman–Crippen LogP) is 2.34. The van der Waals surface area contributed by atoms with Crippen LogP contribution in [0.2, 0.25) is 0 Å². The monoisotopic (exact) mass is 264 g/mol. The number of aromatic nitrogens is 1. The van der Waals surface area contributed by atoms with E-state index in [9.17, 15) is 9.59 Å². The Balaban J connectivity index is 2.12. The van der Waals surface area contributed by atoms with Crippen LogP contribution in [0, 0.1) is 0 Å². The van der Waals surface area contributed by atoms with E-state index in [1.807, 2.05) is 6.07 Å². The van der Waals surface area contributed by atoms with Crippen molar-refractivity contribution in [3.05, 3.63) is 76.1 Å². The molecule has 1 heterocycles. The summed E-state index contributed by atoms with van der Waals surface area (Å²) >= 11 is 0. The highest BCUT2D eigenvalue weighted by molar-refractivity contribution is 6.08. The number of para-hydroxylation sites is 1. The van der Waals surface area contributed by atoms with Gasteiger partial charge in [0, 0.05) is 28.2 Å². The fraction of sp³-hybridized carbons (Fsp3) is 0. The number of fused-ring (bicyclic) bond motifs is 1. The Labute approximate surface area is 114 Å². The maximum atomic E-state index is 12.3. The van der Waals surface area contributed by atoms with Gasteiger partial charge in [-0.2, -0.15) is 0 Å². The van der Waals surface area contributed by atoms with E-state index in [1.165, 1.54) is 6.07 Å². The molecule has 0 atom stereocenters. The topological polar surface area (TPSA) is 76.0 Å². The van der Waals surface area contributed by atoms with Crippen LogP contribution < -0.4 is 11.2 Å². The average Bonchev–Trinajstić information content (AvgIpc) is 2.47. The van der Waals surface area contributed by atoms with Gasteiger partial charge in [0.1, 0.15) is 0 Å². The van der Waals surface area contributed by atoms with Crippen molar-refractivity contribution in [2.45, 2.75) is 0 Å². The Morgan fingerprint density at radius 1 is 1.00 bits per heavy atom. The van der Waals surface area contributed by atoms with E-state index < -0.39 is 0 Å². The number of hydrogen-bond donors (Lipinski definition) is 2. The fourth-order valence-corrected chi connectivity index (χ4v) is 2.11. The first-order chi connectivity index (χ1) is 9.65.